The van der Waals surface area contributed by atoms with Gasteiger partial charge in [0, 0.05) is 0 Å². The molecule has 0 saturated carbocycles. The van der Waals surface area contributed by atoms with Crippen LogP contribution in [0.1, 0.15) is 5.69 Å². The SMILES string of the molecule is O=c1[nH][nH]c(C(F)(F)F)c1N=Nc1ccc(Cl)c(Cl)c1. The molecule has 0 aliphatic carbocycles. The van der Waals surface area contributed by atoms with Crippen LogP contribution in [0.5, 0.6) is 0 Å². The first-order valence-electron chi connectivity index (χ1n) is 5.03. The fourth-order valence-corrected chi connectivity index (χ4v) is 1.60. The van der Waals surface area contributed by atoms with Crippen LogP contribution in [0, 0.1) is 0 Å². The molecule has 0 aliphatic heterocycles. The molecule has 2 N–H and O–H groups in total. The molecule has 0 radical (unpaired) electrons. The minimum Gasteiger partial charge on any atom is -0.292 e. The number of aromatic nitrogens is 2. The van der Waals surface area contributed by atoms with Crippen molar-refractivity contribution in [2.75, 3.05) is 0 Å². The molecule has 2 aromatic rings. The van der Waals surface area contributed by atoms with E-state index in [1.165, 1.54) is 18.2 Å². The van der Waals surface area contributed by atoms with Gasteiger partial charge in [0.2, 0.25) is 0 Å². The molecule has 0 bridgehead atoms. The largest absolute Gasteiger partial charge is 0.435 e. The summed E-state index contributed by atoms with van der Waals surface area (Å²) in [5, 5.41) is 10.8. The molecule has 1 heterocycles. The van der Waals surface area contributed by atoms with Gasteiger partial charge in [0.25, 0.3) is 5.56 Å². The molecule has 0 spiro atoms. The zero-order valence-corrected chi connectivity index (χ0v) is 10.9. The summed E-state index contributed by atoms with van der Waals surface area (Å²) in [6.45, 7) is 0. The van der Waals surface area contributed by atoms with Gasteiger partial charge in [0.1, 0.15) is 0 Å². The molecule has 20 heavy (non-hydrogen) atoms. The summed E-state index contributed by atoms with van der Waals surface area (Å²) in [5.74, 6) is 0. The first-order chi connectivity index (χ1) is 9.29. The Morgan fingerprint density at radius 3 is 2.35 bits per heavy atom. The fourth-order valence-electron chi connectivity index (χ4n) is 1.31. The van der Waals surface area contributed by atoms with E-state index in [1.54, 1.807) is 10.2 Å². The third kappa shape index (κ3) is 3.02. The lowest BCUT2D eigenvalue weighted by Gasteiger charge is -2.02. The second-order valence-electron chi connectivity index (χ2n) is 3.60. The highest BCUT2D eigenvalue weighted by atomic mass is 35.5. The number of nitrogens with one attached hydrogen (secondary N) is 2. The van der Waals surface area contributed by atoms with Crippen LogP contribution in [0.2, 0.25) is 10.0 Å². The molecule has 0 fully saturated rings. The molecule has 0 atom stereocenters. The Labute approximate surface area is 119 Å². The predicted octanol–water partition coefficient (Wildman–Crippen LogP) is 4.44. The highest BCUT2D eigenvalue weighted by Gasteiger charge is 2.37. The summed E-state index contributed by atoms with van der Waals surface area (Å²) in [7, 11) is 0. The second-order valence-corrected chi connectivity index (χ2v) is 4.41. The molecule has 0 saturated heterocycles. The maximum absolute atomic E-state index is 12.6. The molecule has 0 unspecified atom stereocenters. The van der Waals surface area contributed by atoms with Crippen molar-refractivity contribution in [2.24, 2.45) is 10.2 Å². The maximum Gasteiger partial charge on any atom is 0.435 e. The highest BCUT2D eigenvalue weighted by molar-refractivity contribution is 6.42. The molecule has 0 aliphatic rings. The van der Waals surface area contributed by atoms with Gasteiger partial charge in [-0.1, -0.05) is 23.2 Å². The maximum atomic E-state index is 12.6. The fraction of sp³-hybridized carbons (Fsp3) is 0.100. The Kier molecular flexibility index (Phi) is 3.87. The average molecular weight is 325 g/mol. The van der Waals surface area contributed by atoms with Crippen molar-refractivity contribution in [3.63, 3.8) is 0 Å². The standard InChI is InChI=1S/C10H5Cl2F3N4O/c11-5-2-1-4(3-6(5)12)16-17-7-8(10(13,14)15)18-19-9(7)20/h1-3H,(H2,18,19,20). The van der Waals surface area contributed by atoms with Crippen LogP contribution in [-0.4, -0.2) is 10.2 Å². The highest BCUT2D eigenvalue weighted by Crippen LogP contribution is 2.33. The number of rotatable bonds is 2. The van der Waals surface area contributed by atoms with Crippen LogP contribution in [0.3, 0.4) is 0 Å². The minimum absolute atomic E-state index is 0.160. The number of alkyl halides is 3. The lowest BCUT2D eigenvalue weighted by molar-refractivity contribution is -0.140. The Bertz CT molecular complexity index is 720. The van der Waals surface area contributed by atoms with E-state index in [-0.39, 0.29) is 15.7 Å². The van der Waals surface area contributed by atoms with Gasteiger partial charge >= 0.3 is 6.18 Å². The first-order valence-corrected chi connectivity index (χ1v) is 5.79. The lowest BCUT2D eigenvalue weighted by Crippen LogP contribution is -2.06. The molecule has 1 aromatic heterocycles. The number of hydrogen-bond acceptors (Lipinski definition) is 3. The van der Waals surface area contributed by atoms with E-state index < -0.39 is 23.1 Å². The van der Waals surface area contributed by atoms with E-state index in [0.29, 0.717) is 0 Å². The topological polar surface area (TPSA) is 73.4 Å². The van der Waals surface area contributed by atoms with Gasteiger partial charge in [-0.05, 0) is 18.2 Å². The van der Waals surface area contributed by atoms with Crippen LogP contribution in [0.15, 0.2) is 33.2 Å². The van der Waals surface area contributed by atoms with Crippen molar-refractivity contribution in [3.8, 4) is 0 Å². The number of benzene rings is 1. The smallest absolute Gasteiger partial charge is 0.292 e. The Balaban J connectivity index is 2.39. The number of nitrogens with zero attached hydrogens (tertiary/aromatic N) is 2. The average Bonchev–Trinajstić information content (AvgIpc) is 2.72. The van der Waals surface area contributed by atoms with Gasteiger partial charge in [-0.2, -0.15) is 18.3 Å². The summed E-state index contributed by atoms with van der Waals surface area (Å²) in [6, 6.07) is 4.11. The van der Waals surface area contributed by atoms with Gasteiger partial charge in [0.15, 0.2) is 11.4 Å². The van der Waals surface area contributed by atoms with Crippen LogP contribution in [0.25, 0.3) is 0 Å². The number of H-pyrrole nitrogens is 2. The van der Waals surface area contributed by atoms with Crippen LogP contribution < -0.4 is 5.56 Å². The molecular weight excluding hydrogens is 320 g/mol. The van der Waals surface area contributed by atoms with Crippen molar-refractivity contribution in [2.45, 2.75) is 6.18 Å². The summed E-state index contributed by atoms with van der Waals surface area (Å²) >= 11 is 11.4. The third-order valence-corrected chi connectivity index (χ3v) is 2.94. The summed E-state index contributed by atoms with van der Waals surface area (Å²) in [4.78, 5) is 11.2. The van der Waals surface area contributed by atoms with Crippen LogP contribution in [0.4, 0.5) is 24.5 Å². The monoisotopic (exact) mass is 324 g/mol. The molecule has 10 heteroatoms. The molecule has 106 valence electrons. The molecule has 0 amide bonds. The molecule has 2 rings (SSSR count). The zero-order chi connectivity index (χ0) is 14.9. The molecule has 1 aromatic carbocycles. The van der Waals surface area contributed by atoms with Gasteiger partial charge in [-0.25, -0.2) is 0 Å². The van der Waals surface area contributed by atoms with E-state index in [1.807, 2.05) is 0 Å². The number of aromatic amines is 2. The van der Waals surface area contributed by atoms with Gasteiger partial charge in [-0.15, -0.1) is 5.11 Å². The number of halogens is 5. The number of hydrogen-bond donors (Lipinski definition) is 2. The Morgan fingerprint density at radius 1 is 1.05 bits per heavy atom. The summed E-state index contributed by atoms with van der Waals surface area (Å²) in [6.07, 6.45) is -4.74. The lowest BCUT2D eigenvalue weighted by atomic mass is 10.3. The second kappa shape index (κ2) is 5.29. The zero-order valence-electron chi connectivity index (χ0n) is 9.42. The number of azo groups is 1. The third-order valence-electron chi connectivity index (χ3n) is 2.21. The first kappa shape index (κ1) is 14.6. The van der Waals surface area contributed by atoms with Gasteiger partial charge < -0.3 is 0 Å². The van der Waals surface area contributed by atoms with E-state index in [9.17, 15) is 18.0 Å². The minimum atomic E-state index is -4.74. The van der Waals surface area contributed by atoms with E-state index in [4.69, 9.17) is 23.2 Å². The Hall–Kier alpha value is -1.80. The van der Waals surface area contributed by atoms with Gasteiger partial charge in [0.05, 0.1) is 15.7 Å². The van der Waals surface area contributed by atoms with Crippen molar-refractivity contribution in [1.29, 1.82) is 0 Å². The van der Waals surface area contributed by atoms with E-state index in [0.717, 1.165) is 0 Å². The normalized spacial score (nSPS) is 12.2. The quantitative estimate of drug-likeness (QED) is 0.787. The van der Waals surface area contributed by atoms with Gasteiger partial charge in [-0.3, -0.25) is 15.0 Å². The van der Waals surface area contributed by atoms with Crippen molar-refractivity contribution in [3.05, 3.63) is 44.3 Å². The van der Waals surface area contributed by atoms with Crippen molar-refractivity contribution in [1.82, 2.24) is 10.2 Å². The van der Waals surface area contributed by atoms with E-state index in [2.05, 4.69) is 10.2 Å². The predicted molar refractivity (Wildman–Crippen MR) is 67.1 cm³/mol. The van der Waals surface area contributed by atoms with Crippen LogP contribution in [-0.2, 0) is 6.18 Å². The summed E-state index contributed by atoms with van der Waals surface area (Å²) in [5.41, 5.74) is -3.02. The van der Waals surface area contributed by atoms with Crippen molar-refractivity contribution >= 4 is 34.6 Å². The van der Waals surface area contributed by atoms with Crippen molar-refractivity contribution < 1.29 is 13.2 Å². The van der Waals surface area contributed by atoms with Crippen LogP contribution >= 0.6 is 23.2 Å². The Morgan fingerprint density at radius 2 is 1.75 bits per heavy atom. The molecular formula is C10H5Cl2F3N4O. The summed E-state index contributed by atoms with van der Waals surface area (Å²) < 4.78 is 37.7. The van der Waals surface area contributed by atoms with E-state index >= 15 is 0 Å². The molecule has 5 nitrogen and oxygen atoms in total.